The SMILES string of the molecule is Cc1cc(Br)ccc1C1CCCN1C(=O)OCc1ccccc1. The maximum absolute atomic E-state index is 12.5. The van der Waals surface area contributed by atoms with Gasteiger partial charge < -0.3 is 9.64 Å². The fraction of sp³-hybridized carbons (Fsp3) is 0.316. The third-order valence-electron chi connectivity index (χ3n) is 4.28. The van der Waals surface area contributed by atoms with E-state index in [9.17, 15) is 4.79 Å². The number of amides is 1. The number of aryl methyl sites for hydroxylation is 1. The van der Waals surface area contributed by atoms with Crippen LogP contribution in [-0.4, -0.2) is 17.5 Å². The first kappa shape index (κ1) is 16.1. The second-order valence-electron chi connectivity index (χ2n) is 5.89. The Bertz CT molecular complexity index is 687. The first-order valence-corrected chi connectivity index (χ1v) is 8.68. The molecule has 3 rings (SSSR count). The second-order valence-corrected chi connectivity index (χ2v) is 6.81. The van der Waals surface area contributed by atoms with Crippen molar-refractivity contribution in [2.45, 2.75) is 32.4 Å². The van der Waals surface area contributed by atoms with Crippen LogP contribution in [0.25, 0.3) is 0 Å². The normalized spacial score (nSPS) is 17.3. The molecule has 1 unspecified atom stereocenters. The van der Waals surface area contributed by atoms with E-state index in [4.69, 9.17) is 4.74 Å². The zero-order valence-electron chi connectivity index (χ0n) is 13.2. The Morgan fingerprint density at radius 1 is 1.26 bits per heavy atom. The molecule has 1 amide bonds. The van der Waals surface area contributed by atoms with Crippen LogP contribution in [0, 0.1) is 6.92 Å². The van der Waals surface area contributed by atoms with Gasteiger partial charge in [0, 0.05) is 11.0 Å². The van der Waals surface area contributed by atoms with E-state index in [0.29, 0.717) is 6.61 Å². The number of rotatable bonds is 3. The van der Waals surface area contributed by atoms with Gasteiger partial charge in [-0.05, 0) is 48.6 Å². The van der Waals surface area contributed by atoms with Gasteiger partial charge in [-0.15, -0.1) is 0 Å². The lowest BCUT2D eigenvalue weighted by Gasteiger charge is -2.25. The van der Waals surface area contributed by atoms with E-state index in [-0.39, 0.29) is 12.1 Å². The Morgan fingerprint density at radius 3 is 2.78 bits per heavy atom. The number of benzene rings is 2. The number of nitrogens with zero attached hydrogens (tertiary/aromatic N) is 1. The van der Waals surface area contributed by atoms with Crippen molar-refractivity contribution >= 4 is 22.0 Å². The van der Waals surface area contributed by atoms with Crippen LogP contribution in [-0.2, 0) is 11.3 Å². The minimum atomic E-state index is -0.223. The maximum Gasteiger partial charge on any atom is 0.410 e. The van der Waals surface area contributed by atoms with Gasteiger partial charge in [-0.25, -0.2) is 4.79 Å². The molecule has 1 fully saturated rings. The minimum Gasteiger partial charge on any atom is -0.445 e. The van der Waals surface area contributed by atoms with Crippen LogP contribution in [0.4, 0.5) is 4.79 Å². The summed E-state index contributed by atoms with van der Waals surface area (Å²) in [4.78, 5) is 14.3. The number of hydrogen-bond donors (Lipinski definition) is 0. The summed E-state index contributed by atoms with van der Waals surface area (Å²) in [5, 5.41) is 0. The lowest BCUT2D eigenvalue weighted by molar-refractivity contribution is 0.0920. The van der Waals surface area contributed by atoms with Gasteiger partial charge in [0.1, 0.15) is 6.61 Å². The van der Waals surface area contributed by atoms with E-state index >= 15 is 0 Å². The van der Waals surface area contributed by atoms with E-state index in [1.54, 1.807) is 0 Å². The molecule has 1 atom stereocenters. The molecule has 1 aliphatic heterocycles. The lowest BCUT2D eigenvalue weighted by Crippen LogP contribution is -2.31. The molecule has 0 bridgehead atoms. The van der Waals surface area contributed by atoms with E-state index in [1.807, 2.05) is 41.3 Å². The van der Waals surface area contributed by atoms with Crippen molar-refractivity contribution in [1.29, 1.82) is 0 Å². The van der Waals surface area contributed by atoms with Gasteiger partial charge in [0.05, 0.1) is 6.04 Å². The fourth-order valence-electron chi connectivity index (χ4n) is 3.12. The predicted molar refractivity (Wildman–Crippen MR) is 94.2 cm³/mol. The number of halogens is 1. The van der Waals surface area contributed by atoms with Crippen LogP contribution in [0.2, 0.25) is 0 Å². The summed E-state index contributed by atoms with van der Waals surface area (Å²) in [6.45, 7) is 3.17. The number of carbonyl (C=O) groups is 1. The third kappa shape index (κ3) is 3.75. The smallest absolute Gasteiger partial charge is 0.410 e. The van der Waals surface area contributed by atoms with Gasteiger partial charge in [0.25, 0.3) is 0 Å². The summed E-state index contributed by atoms with van der Waals surface area (Å²) in [5.41, 5.74) is 3.42. The number of hydrogen-bond acceptors (Lipinski definition) is 2. The molecule has 4 heteroatoms. The molecule has 0 aliphatic carbocycles. The van der Waals surface area contributed by atoms with Crippen LogP contribution in [0.5, 0.6) is 0 Å². The summed E-state index contributed by atoms with van der Waals surface area (Å²) < 4.78 is 6.57. The highest BCUT2D eigenvalue weighted by Crippen LogP contribution is 2.35. The van der Waals surface area contributed by atoms with Crippen molar-refractivity contribution in [3.05, 3.63) is 69.7 Å². The van der Waals surface area contributed by atoms with Crippen LogP contribution < -0.4 is 0 Å². The number of likely N-dealkylation sites (tertiary alicyclic amines) is 1. The average Bonchev–Trinajstić information content (AvgIpc) is 3.03. The lowest BCUT2D eigenvalue weighted by atomic mass is 9.99. The zero-order chi connectivity index (χ0) is 16.2. The van der Waals surface area contributed by atoms with E-state index in [0.717, 1.165) is 29.4 Å². The number of carbonyl (C=O) groups excluding carboxylic acids is 1. The Morgan fingerprint density at radius 2 is 2.04 bits per heavy atom. The average molecular weight is 374 g/mol. The summed E-state index contributed by atoms with van der Waals surface area (Å²) >= 11 is 3.49. The molecule has 2 aromatic rings. The summed E-state index contributed by atoms with van der Waals surface area (Å²) in [6.07, 6.45) is 1.78. The fourth-order valence-corrected chi connectivity index (χ4v) is 3.60. The van der Waals surface area contributed by atoms with Crippen molar-refractivity contribution < 1.29 is 9.53 Å². The summed E-state index contributed by atoms with van der Waals surface area (Å²) in [5.74, 6) is 0. The molecule has 0 aromatic heterocycles. The molecule has 0 radical (unpaired) electrons. The molecule has 120 valence electrons. The summed E-state index contributed by atoms with van der Waals surface area (Å²) in [6, 6.07) is 16.1. The van der Waals surface area contributed by atoms with Crippen LogP contribution in [0.15, 0.2) is 53.0 Å². The van der Waals surface area contributed by atoms with E-state index < -0.39 is 0 Å². The predicted octanol–water partition coefficient (Wildman–Crippen LogP) is 5.23. The molecular weight excluding hydrogens is 354 g/mol. The highest BCUT2D eigenvalue weighted by Gasteiger charge is 2.31. The van der Waals surface area contributed by atoms with Crippen LogP contribution in [0.3, 0.4) is 0 Å². The second kappa shape index (κ2) is 7.18. The Labute approximate surface area is 145 Å². The molecule has 0 saturated carbocycles. The van der Waals surface area contributed by atoms with E-state index in [1.165, 1.54) is 11.1 Å². The largest absolute Gasteiger partial charge is 0.445 e. The zero-order valence-corrected chi connectivity index (χ0v) is 14.8. The van der Waals surface area contributed by atoms with Crippen molar-refractivity contribution in [3.8, 4) is 0 Å². The Hall–Kier alpha value is -1.81. The molecular formula is C19H20BrNO2. The van der Waals surface area contributed by atoms with Crippen LogP contribution >= 0.6 is 15.9 Å². The first-order chi connectivity index (χ1) is 11.1. The van der Waals surface area contributed by atoms with Crippen molar-refractivity contribution in [2.24, 2.45) is 0 Å². The Kier molecular flexibility index (Phi) is 5.01. The highest BCUT2D eigenvalue weighted by atomic mass is 79.9. The van der Waals surface area contributed by atoms with Gasteiger partial charge in [0.2, 0.25) is 0 Å². The van der Waals surface area contributed by atoms with Crippen LogP contribution in [0.1, 0.15) is 35.6 Å². The van der Waals surface area contributed by atoms with E-state index in [2.05, 4.69) is 35.0 Å². The van der Waals surface area contributed by atoms with Gasteiger partial charge in [-0.1, -0.05) is 52.3 Å². The number of ether oxygens (including phenoxy) is 1. The van der Waals surface area contributed by atoms with Gasteiger partial charge in [0.15, 0.2) is 0 Å². The highest BCUT2D eigenvalue weighted by molar-refractivity contribution is 9.10. The van der Waals surface area contributed by atoms with Gasteiger partial charge >= 0.3 is 6.09 Å². The molecule has 0 N–H and O–H groups in total. The molecule has 3 nitrogen and oxygen atoms in total. The monoisotopic (exact) mass is 373 g/mol. The molecule has 0 spiro atoms. The Balaban J connectivity index is 1.69. The van der Waals surface area contributed by atoms with Gasteiger partial charge in [-0.3, -0.25) is 0 Å². The topological polar surface area (TPSA) is 29.5 Å². The van der Waals surface area contributed by atoms with Crippen molar-refractivity contribution in [3.63, 3.8) is 0 Å². The first-order valence-electron chi connectivity index (χ1n) is 7.88. The van der Waals surface area contributed by atoms with Gasteiger partial charge in [-0.2, -0.15) is 0 Å². The quantitative estimate of drug-likeness (QED) is 0.736. The molecule has 1 saturated heterocycles. The minimum absolute atomic E-state index is 0.117. The standard InChI is InChI=1S/C19H20BrNO2/c1-14-12-16(20)9-10-17(14)18-8-5-11-21(18)19(22)23-13-15-6-3-2-4-7-15/h2-4,6-7,9-10,12,18H,5,8,11,13H2,1H3. The maximum atomic E-state index is 12.5. The molecule has 1 aliphatic rings. The molecule has 1 heterocycles. The summed E-state index contributed by atoms with van der Waals surface area (Å²) in [7, 11) is 0. The van der Waals surface area contributed by atoms with Crippen molar-refractivity contribution in [2.75, 3.05) is 6.54 Å². The molecule has 2 aromatic carbocycles. The third-order valence-corrected chi connectivity index (χ3v) is 4.78. The molecule has 23 heavy (non-hydrogen) atoms. The van der Waals surface area contributed by atoms with Crippen molar-refractivity contribution in [1.82, 2.24) is 4.90 Å².